The fourth-order valence-electron chi connectivity index (χ4n) is 1.82. The van der Waals surface area contributed by atoms with E-state index in [4.69, 9.17) is 0 Å². The zero-order valence-corrected chi connectivity index (χ0v) is 13.7. The molecule has 1 atom stereocenters. The molecule has 0 saturated heterocycles. The van der Waals surface area contributed by atoms with Gasteiger partial charge in [0, 0.05) is 18.8 Å². The molecule has 1 aromatic heterocycles. The molecule has 0 aliphatic heterocycles. The summed E-state index contributed by atoms with van der Waals surface area (Å²) >= 11 is 0. The van der Waals surface area contributed by atoms with Crippen LogP contribution in [0.25, 0.3) is 0 Å². The van der Waals surface area contributed by atoms with Crippen molar-refractivity contribution in [1.82, 2.24) is 15.1 Å². The summed E-state index contributed by atoms with van der Waals surface area (Å²) in [6.07, 6.45) is 4.98. The normalized spacial score (nSPS) is 14.3. The van der Waals surface area contributed by atoms with Gasteiger partial charge in [-0.25, -0.2) is 4.79 Å². The second kappa shape index (κ2) is 7.45. The first-order chi connectivity index (χ1) is 9.69. The van der Waals surface area contributed by atoms with E-state index in [0.29, 0.717) is 18.0 Å². The number of anilines is 1. The Kier molecular flexibility index (Phi) is 6.20. The SMILES string of the molecule is CC(C)CCC(C)(O)CNC(=O)Nc1cnn(C(C)C)c1. The summed E-state index contributed by atoms with van der Waals surface area (Å²) in [5.74, 6) is 0.534. The lowest BCUT2D eigenvalue weighted by Gasteiger charge is -2.24. The molecule has 1 rings (SSSR count). The summed E-state index contributed by atoms with van der Waals surface area (Å²) in [4.78, 5) is 11.8. The fraction of sp³-hybridized carbons (Fsp3) is 0.733. The van der Waals surface area contributed by atoms with Crippen molar-refractivity contribution in [2.75, 3.05) is 11.9 Å². The number of amides is 2. The van der Waals surface area contributed by atoms with Crippen LogP contribution in [0.1, 0.15) is 53.5 Å². The van der Waals surface area contributed by atoms with E-state index in [1.807, 2.05) is 13.8 Å². The average molecular weight is 296 g/mol. The number of urea groups is 1. The largest absolute Gasteiger partial charge is 0.388 e. The molecule has 3 N–H and O–H groups in total. The van der Waals surface area contributed by atoms with E-state index in [1.54, 1.807) is 24.0 Å². The molecule has 21 heavy (non-hydrogen) atoms. The maximum absolute atomic E-state index is 11.8. The first-order valence-corrected chi connectivity index (χ1v) is 7.51. The van der Waals surface area contributed by atoms with Crippen molar-refractivity contribution in [1.29, 1.82) is 0 Å². The Morgan fingerprint density at radius 3 is 2.62 bits per heavy atom. The number of hydrogen-bond donors (Lipinski definition) is 3. The van der Waals surface area contributed by atoms with E-state index in [0.717, 1.165) is 6.42 Å². The van der Waals surface area contributed by atoms with Crippen LogP contribution in [0, 0.1) is 5.92 Å². The molecule has 0 spiro atoms. The molecule has 0 aromatic carbocycles. The number of carbonyl (C=O) groups excluding carboxylic acids is 1. The van der Waals surface area contributed by atoms with E-state index in [2.05, 4.69) is 29.6 Å². The van der Waals surface area contributed by atoms with Crippen LogP contribution in [-0.4, -0.2) is 33.1 Å². The smallest absolute Gasteiger partial charge is 0.319 e. The van der Waals surface area contributed by atoms with Crippen LogP contribution in [0.2, 0.25) is 0 Å². The fourth-order valence-corrected chi connectivity index (χ4v) is 1.82. The van der Waals surface area contributed by atoms with Gasteiger partial charge in [-0.05, 0) is 39.5 Å². The summed E-state index contributed by atoms with van der Waals surface area (Å²) in [7, 11) is 0. The van der Waals surface area contributed by atoms with Gasteiger partial charge < -0.3 is 15.7 Å². The van der Waals surface area contributed by atoms with Gasteiger partial charge in [0.1, 0.15) is 0 Å². The minimum absolute atomic E-state index is 0.226. The monoisotopic (exact) mass is 296 g/mol. The molecule has 0 fully saturated rings. The van der Waals surface area contributed by atoms with Crippen LogP contribution in [-0.2, 0) is 0 Å². The van der Waals surface area contributed by atoms with Crippen molar-refractivity contribution in [3.63, 3.8) is 0 Å². The van der Waals surface area contributed by atoms with Gasteiger partial charge in [0.2, 0.25) is 0 Å². The lowest BCUT2D eigenvalue weighted by molar-refractivity contribution is 0.0481. The minimum Gasteiger partial charge on any atom is -0.388 e. The second-order valence-corrected chi connectivity index (χ2v) is 6.54. The van der Waals surface area contributed by atoms with Gasteiger partial charge in [0.05, 0.1) is 17.5 Å². The minimum atomic E-state index is -0.885. The van der Waals surface area contributed by atoms with Crippen molar-refractivity contribution >= 4 is 11.7 Å². The highest BCUT2D eigenvalue weighted by Gasteiger charge is 2.21. The Balaban J connectivity index is 2.39. The van der Waals surface area contributed by atoms with Crippen LogP contribution in [0.4, 0.5) is 10.5 Å². The number of nitrogens with zero attached hydrogens (tertiary/aromatic N) is 2. The molecule has 0 radical (unpaired) electrons. The van der Waals surface area contributed by atoms with Crippen LogP contribution >= 0.6 is 0 Å². The van der Waals surface area contributed by atoms with Gasteiger partial charge >= 0.3 is 6.03 Å². The molecule has 0 aliphatic rings. The highest BCUT2D eigenvalue weighted by Crippen LogP contribution is 2.15. The van der Waals surface area contributed by atoms with Crippen LogP contribution in [0.3, 0.4) is 0 Å². The molecule has 2 amide bonds. The first-order valence-electron chi connectivity index (χ1n) is 7.51. The molecule has 1 heterocycles. The summed E-state index contributed by atoms with van der Waals surface area (Å²) in [5.41, 5.74) is -0.244. The maximum Gasteiger partial charge on any atom is 0.319 e. The third kappa shape index (κ3) is 6.62. The van der Waals surface area contributed by atoms with Gasteiger partial charge in [0.15, 0.2) is 0 Å². The van der Waals surface area contributed by atoms with E-state index >= 15 is 0 Å². The lowest BCUT2D eigenvalue weighted by atomic mass is 9.95. The van der Waals surface area contributed by atoms with Crippen molar-refractivity contribution in [2.24, 2.45) is 5.92 Å². The number of nitrogens with one attached hydrogen (secondary N) is 2. The number of aliphatic hydroxyl groups is 1. The standard InChI is InChI=1S/C15H28N4O2/c1-11(2)6-7-15(5,21)10-16-14(20)18-13-8-17-19(9-13)12(3)4/h8-9,11-12,21H,6-7,10H2,1-5H3,(H2,16,18,20). The third-order valence-electron chi connectivity index (χ3n) is 3.28. The van der Waals surface area contributed by atoms with Gasteiger partial charge in [-0.2, -0.15) is 5.10 Å². The number of aromatic nitrogens is 2. The van der Waals surface area contributed by atoms with Crippen molar-refractivity contribution in [3.05, 3.63) is 12.4 Å². The van der Waals surface area contributed by atoms with Crippen molar-refractivity contribution in [3.8, 4) is 0 Å². The molecule has 0 saturated carbocycles. The van der Waals surface area contributed by atoms with E-state index in [9.17, 15) is 9.90 Å². The molecular weight excluding hydrogens is 268 g/mol. The molecule has 120 valence electrons. The molecular formula is C15H28N4O2. The van der Waals surface area contributed by atoms with E-state index < -0.39 is 5.60 Å². The second-order valence-electron chi connectivity index (χ2n) is 6.54. The zero-order chi connectivity index (χ0) is 16.0. The van der Waals surface area contributed by atoms with Crippen LogP contribution < -0.4 is 10.6 Å². The quantitative estimate of drug-likeness (QED) is 0.724. The van der Waals surface area contributed by atoms with Crippen LogP contribution in [0.5, 0.6) is 0 Å². The van der Waals surface area contributed by atoms with Gasteiger partial charge in [-0.1, -0.05) is 13.8 Å². The maximum atomic E-state index is 11.8. The van der Waals surface area contributed by atoms with Crippen LogP contribution in [0.15, 0.2) is 12.4 Å². The summed E-state index contributed by atoms with van der Waals surface area (Å²) in [6, 6.07) is -0.0801. The highest BCUT2D eigenvalue weighted by atomic mass is 16.3. The topological polar surface area (TPSA) is 79.2 Å². The third-order valence-corrected chi connectivity index (χ3v) is 3.28. The summed E-state index contributed by atoms with van der Waals surface area (Å²) < 4.78 is 1.77. The Labute approximate surface area is 126 Å². The molecule has 6 nitrogen and oxygen atoms in total. The lowest BCUT2D eigenvalue weighted by Crippen LogP contribution is -2.42. The van der Waals surface area contributed by atoms with Gasteiger partial charge in [0.25, 0.3) is 0 Å². The number of carbonyl (C=O) groups is 1. The van der Waals surface area contributed by atoms with Gasteiger partial charge in [-0.3, -0.25) is 4.68 Å². The first kappa shape index (κ1) is 17.5. The van der Waals surface area contributed by atoms with E-state index in [-0.39, 0.29) is 18.6 Å². The Hall–Kier alpha value is -1.56. The Morgan fingerprint density at radius 2 is 2.10 bits per heavy atom. The summed E-state index contributed by atoms with van der Waals surface area (Å²) in [6.45, 7) is 10.2. The molecule has 1 unspecified atom stereocenters. The summed E-state index contributed by atoms with van der Waals surface area (Å²) in [5, 5.41) is 19.8. The van der Waals surface area contributed by atoms with E-state index in [1.165, 1.54) is 0 Å². The predicted molar refractivity (Wildman–Crippen MR) is 84.3 cm³/mol. The van der Waals surface area contributed by atoms with Gasteiger partial charge in [-0.15, -0.1) is 0 Å². The number of hydrogen-bond acceptors (Lipinski definition) is 3. The predicted octanol–water partition coefficient (Wildman–Crippen LogP) is 2.77. The Morgan fingerprint density at radius 1 is 1.43 bits per heavy atom. The Bertz CT molecular complexity index is 452. The molecule has 6 heteroatoms. The molecule has 1 aromatic rings. The number of rotatable bonds is 7. The molecule has 0 aliphatic carbocycles. The van der Waals surface area contributed by atoms with Crippen molar-refractivity contribution in [2.45, 2.75) is 59.1 Å². The molecule has 0 bridgehead atoms. The zero-order valence-electron chi connectivity index (χ0n) is 13.7. The highest BCUT2D eigenvalue weighted by molar-refractivity contribution is 5.88. The average Bonchev–Trinajstić information content (AvgIpc) is 2.83. The van der Waals surface area contributed by atoms with Crippen molar-refractivity contribution < 1.29 is 9.90 Å².